The van der Waals surface area contributed by atoms with Gasteiger partial charge in [-0.2, -0.15) is 0 Å². The second kappa shape index (κ2) is 16.3. The number of aromatic nitrogens is 3. The highest BCUT2D eigenvalue weighted by Crippen LogP contribution is 2.17. The molecule has 0 saturated heterocycles. The number of benzene rings is 2. The van der Waals surface area contributed by atoms with Gasteiger partial charge in [-0.15, -0.1) is 0 Å². The highest BCUT2D eigenvalue weighted by Gasteiger charge is 2.32. The predicted molar refractivity (Wildman–Crippen MR) is 165 cm³/mol. The number of carbonyl (C=O) groups excluding carboxylic acids is 4. The van der Waals surface area contributed by atoms with Crippen LogP contribution in [0.4, 0.5) is 5.69 Å². The smallest absolute Gasteiger partial charge is 0.303 e. The molecule has 12 heteroatoms. The summed E-state index contributed by atoms with van der Waals surface area (Å²) in [6, 6.07) is 22.2. The van der Waals surface area contributed by atoms with Crippen LogP contribution in [0.15, 0.2) is 96.1 Å². The Kier molecular flexibility index (Phi) is 11.7. The zero-order valence-electron chi connectivity index (χ0n) is 24.6. The van der Waals surface area contributed by atoms with Crippen molar-refractivity contribution in [1.82, 2.24) is 19.9 Å². The van der Waals surface area contributed by atoms with Crippen molar-refractivity contribution >= 4 is 29.8 Å². The summed E-state index contributed by atoms with van der Waals surface area (Å²) in [5, 5.41) is 5.12. The van der Waals surface area contributed by atoms with Crippen molar-refractivity contribution < 1.29 is 28.7 Å². The van der Waals surface area contributed by atoms with Crippen LogP contribution in [0, 0.1) is 0 Å². The van der Waals surface area contributed by atoms with Gasteiger partial charge in [-0.25, -0.2) is 9.97 Å². The number of amides is 2. The molecule has 2 amide bonds. The zero-order valence-corrected chi connectivity index (χ0v) is 24.6. The minimum atomic E-state index is -1.31. The first-order valence-corrected chi connectivity index (χ1v) is 14.3. The third kappa shape index (κ3) is 9.42. The fourth-order valence-corrected chi connectivity index (χ4v) is 4.67. The first-order chi connectivity index (χ1) is 21.9. The molecule has 0 bridgehead atoms. The summed E-state index contributed by atoms with van der Waals surface area (Å²) in [5.74, 6) is -1.11. The Morgan fingerprint density at radius 3 is 2.33 bits per heavy atom. The number of anilines is 1. The maximum atomic E-state index is 13.6. The van der Waals surface area contributed by atoms with Gasteiger partial charge in [0.25, 0.3) is 5.56 Å². The average Bonchev–Trinajstić information content (AvgIpc) is 3.05. The number of hydrogen-bond donors (Lipinski definition) is 2. The second-order valence-corrected chi connectivity index (χ2v) is 10.00. The summed E-state index contributed by atoms with van der Waals surface area (Å²) in [6.45, 7) is 0.901. The number of Topliss-reactive ketones (excluding diaryl/α,β-unsaturated/α-hetero) is 1. The summed E-state index contributed by atoms with van der Waals surface area (Å²) >= 11 is 0. The largest absolute Gasteiger partial charge is 0.478 e. The van der Waals surface area contributed by atoms with Gasteiger partial charge in [0.05, 0.1) is 18.8 Å². The van der Waals surface area contributed by atoms with Gasteiger partial charge in [0.2, 0.25) is 18.2 Å². The standard InChI is InChI=1S/C33H33N5O7/c1-23(40)45-31(28(41)15-10-18-44-30-16-8-9-17-34-30)26(19-24-11-4-2-5-12-24)37-29(42)21-38-32(25-13-6-3-7-14-25)35-20-27(33(38)43)36-22-39/h2-9,11-14,16-17,20,22,26,31H,10,15,18-19,21H2,1H3,(H,36,39)(H,37,42)/t26-,31+/m0/s1. The van der Waals surface area contributed by atoms with Gasteiger partial charge in [-0.3, -0.25) is 28.5 Å². The molecule has 2 aromatic heterocycles. The topological polar surface area (TPSA) is 159 Å². The molecule has 2 heterocycles. The van der Waals surface area contributed by atoms with Gasteiger partial charge in [0.15, 0.2) is 11.9 Å². The van der Waals surface area contributed by atoms with E-state index in [0.29, 0.717) is 24.3 Å². The number of ketones is 1. The van der Waals surface area contributed by atoms with E-state index in [1.807, 2.05) is 30.3 Å². The molecule has 0 aliphatic heterocycles. The number of carbonyl (C=O) groups is 4. The van der Waals surface area contributed by atoms with E-state index in [1.54, 1.807) is 54.7 Å². The van der Waals surface area contributed by atoms with E-state index >= 15 is 0 Å². The molecule has 232 valence electrons. The summed E-state index contributed by atoms with van der Waals surface area (Å²) in [5.41, 5.74) is 0.597. The molecule has 4 rings (SSSR count). The monoisotopic (exact) mass is 611 g/mol. The van der Waals surface area contributed by atoms with Crippen LogP contribution < -0.4 is 20.9 Å². The lowest BCUT2D eigenvalue weighted by molar-refractivity contribution is -0.155. The minimum Gasteiger partial charge on any atom is -0.478 e. The van der Waals surface area contributed by atoms with Crippen LogP contribution in [0.25, 0.3) is 11.4 Å². The Labute approximate surface area is 259 Å². The van der Waals surface area contributed by atoms with Gasteiger partial charge in [0.1, 0.15) is 18.1 Å². The molecule has 2 aromatic carbocycles. The molecule has 0 aliphatic carbocycles. The van der Waals surface area contributed by atoms with E-state index in [1.165, 1.54) is 13.1 Å². The van der Waals surface area contributed by atoms with Gasteiger partial charge in [-0.1, -0.05) is 66.7 Å². The third-order valence-corrected chi connectivity index (χ3v) is 6.67. The van der Waals surface area contributed by atoms with Crippen molar-refractivity contribution in [2.24, 2.45) is 0 Å². The second-order valence-electron chi connectivity index (χ2n) is 10.00. The molecule has 0 radical (unpaired) electrons. The number of ether oxygens (including phenoxy) is 2. The lowest BCUT2D eigenvalue weighted by atomic mass is 9.96. The van der Waals surface area contributed by atoms with Gasteiger partial charge in [0, 0.05) is 31.2 Å². The van der Waals surface area contributed by atoms with Crippen molar-refractivity contribution in [3.8, 4) is 17.3 Å². The SMILES string of the molecule is CC(=O)O[C@@H](C(=O)CCCOc1ccccn1)[C@H](Cc1ccccc1)NC(=O)Cn1c(-c2ccccc2)ncc(NC=O)c1=O. The minimum absolute atomic E-state index is 0.00683. The molecule has 0 saturated carbocycles. The summed E-state index contributed by atoms with van der Waals surface area (Å²) < 4.78 is 12.2. The number of esters is 1. The average molecular weight is 612 g/mol. The van der Waals surface area contributed by atoms with E-state index in [-0.39, 0.29) is 31.0 Å². The molecule has 0 unspecified atom stereocenters. The van der Waals surface area contributed by atoms with E-state index in [0.717, 1.165) is 10.1 Å². The number of hydrogen-bond acceptors (Lipinski definition) is 9. The van der Waals surface area contributed by atoms with Gasteiger partial charge < -0.3 is 20.1 Å². The fraction of sp³-hybridized carbons (Fsp3) is 0.242. The van der Waals surface area contributed by atoms with Crippen LogP contribution in [0.2, 0.25) is 0 Å². The van der Waals surface area contributed by atoms with Crippen molar-refractivity contribution in [3.05, 3.63) is 107 Å². The lowest BCUT2D eigenvalue weighted by Crippen LogP contribution is -2.51. The third-order valence-electron chi connectivity index (χ3n) is 6.67. The number of pyridine rings is 1. The Balaban J connectivity index is 1.58. The number of rotatable bonds is 16. The Morgan fingerprint density at radius 2 is 1.67 bits per heavy atom. The fourth-order valence-electron chi connectivity index (χ4n) is 4.67. The van der Waals surface area contributed by atoms with Crippen LogP contribution in [0.1, 0.15) is 25.3 Å². The quantitative estimate of drug-likeness (QED) is 0.110. The van der Waals surface area contributed by atoms with E-state index in [9.17, 15) is 24.0 Å². The Hall–Kier alpha value is -5.65. The summed E-state index contributed by atoms with van der Waals surface area (Å²) in [6.07, 6.45) is 2.33. The van der Waals surface area contributed by atoms with Crippen LogP contribution >= 0.6 is 0 Å². The van der Waals surface area contributed by atoms with Crippen molar-refractivity contribution in [2.75, 3.05) is 11.9 Å². The van der Waals surface area contributed by atoms with E-state index in [2.05, 4.69) is 20.6 Å². The highest BCUT2D eigenvalue weighted by molar-refractivity contribution is 5.87. The first-order valence-electron chi connectivity index (χ1n) is 14.3. The van der Waals surface area contributed by atoms with E-state index < -0.39 is 41.9 Å². The van der Waals surface area contributed by atoms with Crippen molar-refractivity contribution in [3.63, 3.8) is 0 Å². The normalized spacial score (nSPS) is 11.9. The lowest BCUT2D eigenvalue weighted by Gasteiger charge is -2.27. The molecule has 12 nitrogen and oxygen atoms in total. The molecular formula is C33H33N5O7. The molecule has 2 N–H and O–H groups in total. The molecule has 0 spiro atoms. The van der Waals surface area contributed by atoms with Crippen LogP contribution in [0.5, 0.6) is 5.88 Å². The van der Waals surface area contributed by atoms with Crippen molar-refractivity contribution in [1.29, 1.82) is 0 Å². The molecule has 45 heavy (non-hydrogen) atoms. The molecule has 0 aliphatic rings. The number of nitrogens with zero attached hydrogens (tertiary/aromatic N) is 3. The Bertz CT molecular complexity index is 1650. The molecule has 0 fully saturated rings. The molecular weight excluding hydrogens is 578 g/mol. The van der Waals surface area contributed by atoms with E-state index in [4.69, 9.17) is 9.47 Å². The van der Waals surface area contributed by atoms with Crippen LogP contribution in [-0.4, -0.2) is 57.4 Å². The highest BCUT2D eigenvalue weighted by atomic mass is 16.5. The maximum absolute atomic E-state index is 13.6. The van der Waals surface area contributed by atoms with Crippen LogP contribution in [0.3, 0.4) is 0 Å². The summed E-state index contributed by atoms with van der Waals surface area (Å²) in [4.78, 5) is 72.0. The summed E-state index contributed by atoms with van der Waals surface area (Å²) in [7, 11) is 0. The van der Waals surface area contributed by atoms with Gasteiger partial charge in [-0.05, 0) is 24.5 Å². The molecule has 4 aromatic rings. The molecule has 2 atom stereocenters. The zero-order chi connectivity index (χ0) is 32.0. The predicted octanol–water partition coefficient (Wildman–Crippen LogP) is 2.96. The van der Waals surface area contributed by atoms with Crippen molar-refractivity contribution in [2.45, 2.75) is 44.9 Å². The van der Waals surface area contributed by atoms with Crippen LogP contribution in [-0.2, 0) is 36.9 Å². The van der Waals surface area contributed by atoms with Gasteiger partial charge >= 0.3 is 5.97 Å². The Morgan fingerprint density at radius 1 is 0.956 bits per heavy atom. The first kappa shape index (κ1) is 32.3. The number of nitrogens with one attached hydrogen (secondary N) is 2. The maximum Gasteiger partial charge on any atom is 0.303 e.